The zero-order valence-corrected chi connectivity index (χ0v) is 21.6. The third-order valence-corrected chi connectivity index (χ3v) is 7.56. The lowest BCUT2D eigenvalue weighted by Crippen LogP contribution is -2.41. The van der Waals surface area contributed by atoms with Gasteiger partial charge in [-0.15, -0.1) is 0 Å². The highest BCUT2D eigenvalue weighted by Gasteiger charge is 2.35. The van der Waals surface area contributed by atoms with E-state index >= 15 is 0 Å². The van der Waals surface area contributed by atoms with Crippen LogP contribution in [0.5, 0.6) is 11.5 Å². The van der Waals surface area contributed by atoms with Crippen LogP contribution in [0.15, 0.2) is 71.6 Å². The maximum Gasteiger partial charge on any atom is 0.417 e. The molecule has 12 heteroatoms. The molecule has 0 saturated carbocycles. The predicted molar refractivity (Wildman–Crippen MR) is 134 cm³/mol. The Morgan fingerprint density at radius 3 is 2.30 bits per heavy atom. The van der Waals surface area contributed by atoms with Gasteiger partial charge < -0.3 is 14.8 Å². The minimum Gasteiger partial charge on any atom is -0.497 e. The number of nitrogens with zero attached hydrogens (tertiary/aromatic N) is 1. The molecule has 37 heavy (non-hydrogen) atoms. The van der Waals surface area contributed by atoms with Crippen molar-refractivity contribution in [1.82, 2.24) is 5.32 Å². The first-order chi connectivity index (χ1) is 17.4. The van der Waals surface area contributed by atoms with Crippen molar-refractivity contribution in [3.05, 3.63) is 82.9 Å². The molecule has 0 radical (unpaired) electrons. The monoisotopic (exact) mass is 556 g/mol. The molecule has 1 N–H and O–H groups in total. The number of amides is 1. The van der Waals surface area contributed by atoms with Crippen LogP contribution in [0.3, 0.4) is 0 Å². The van der Waals surface area contributed by atoms with E-state index in [4.69, 9.17) is 21.1 Å². The van der Waals surface area contributed by atoms with Crippen molar-refractivity contribution in [2.45, 2.75) is 24.0 Å². The Kier molecular flexibility index (Phi) is 8.60. The summed E-state index contributed by atoms with van der Waals surface area (Å²) in [6.45, 7) is 0.849. The quantitative estimate of drug-likeness (QED) is 0.379. The number of alkyl halides is 3. The highest BCUT2D eigenvalue weighted by atomic mass is 35.5. The smallest absolute Gasteiger partial charge is 0.417 e. The average molecular weight is 557 g/mol. The molecule has 0 aliphatic heterocycles. The Hall–Kier alpha value is -3.44. The van der Waals surface area contributed by atoms with Crippen LogP contribution in [0.2, 0.25) is 5.02 Å². The normalized spacial score (nSPS) is 12.5. The van der Waals surface area contributed by atoms with Crippen molar-refractivity contribution < 1.29 is 35.9 Å². The van der Waals surface area contributed by atoms with Gasteiger partial charge in [-0.2, -0.15) is 13.2 Å². The summed E-state index contributed by atoms with van der Waals surface area (Å²) in [6.07, 6.45) is -4.84. The van der Waals surface area contributed by atoms with Crippen LogP contribution in [-0.2, 0) is 21.0 Å². The van der Waals surface area contributed by atoms with Gasteiger partial charge in [-0.05, 0) is 55.5 Å². The van der Waals surface area contributed by atoms with Crippen molar-refractivity contribution in [3.8, 4) is 11.5 Å². The van der Waals surface area contributed by atoms with Gasteiger partial charge in [0.05, 0.1) is 41.4 Å². The summed E-state index contributed by atoms with van der Waals surface area (Å²) >= 11 is 5.72. The Labute approximate surface area is 217 Å². The summed E-state index contributed by atoms with van der Waals surface area (Å²) in [4.78, 5) is 12.9. The first kappa shape index (κ1) is 28.1. The number of rotatable bonds is 9. The Morgan fingerprint density at radius 2 is 1.70 bits per heavy atom. The summed E-state index contributed by atoms with van der Waals surface area (Å²) < 4.78 is 78.6. The van der Waals surface area contributed by atoms with Crippen LogP contribution in [-0.4, -0.2) is 35.1 Å². The second-order valence-electron chi connectivity index (χ2n) is 7.88. The molecule has 0 unspecified atom stereocenters. The number of halogens is 4. The van der Waals surface area contributed by atoms with E-state index in [1.54, 1.807) is 31.2 Å². The molecule has 0 heterocycles. The van der Waals surface area contributed by atoms with Crippen molar-refractivity contribution in [3.63, 3.8) is 0 Å². The number of ether oxygens (including phenoxy) is 2. The summed E-state index contributed by atoms with van der Waals surface area (Å²) in [5, 5.41) is 2.07. The van der Waals surface area contributed by atoms with Gasteiger partial charge in [-0.3, -0.25) is 9.10 Å². The maximum atomic E-state index is 13.5. The lowest BCUT2D eigenvalue weighted by Gasteiger charge is -2.26. The molecule has 1 amide bonds. The van der Waals surface area contributed by atoms with Gasteiger partial charge in [0.1, 0.15) is 18.0 Å². The van der Waals surface area contributed by atoms with E-state index in [-0.39, 0.29) is 10.6 Å². The number of anilines is 1. The zero-order chi connectivity index (χ0) is 27.4. The maximum absolute atomic E-state index is 13.5. The van der Waals surface area contributed by atoms with Crippen molar-refractivity contribution in [1.29, 1.82) is 0 Å². The molecule has 3 rings (SSSR count). The van der Waals surface area contributed by atoms with E-state index in [1.165, 1.54) is 38.5 Å². The van der Waals surface area contributed by atoms with E-state index in [9.17, 15) is 26.4 Å². The Bertz CT molecular complexity index is 1370. The number of hydrogen-bond donors (Lipinski definition) is 1. The minimum atomic E-state index is -4.84. The summed E-state index contributed by atoms with van der Waals surface area (Å²) in [7, 11) is -1.50. The highest BCUT2D eigenvalue weighted by molar-refractivity contribution is 7.92. The van der Waals surface area contributed by atoms with Crippen LogP contribution < -0.4 is 19.1 Å². The molecule has 7 nitrogen and oxygen atoms in total. The summed E-state index contributed by atoms with van der Waals surface area (Å²) in [5.41, 5.74) is -1.05. The van der Waals surface area contributed by atoms with Gasteiger partial charge in [0, 0.05) is 5.56 Å². The number of benzene rings is 3. The third kappa shape index (κ3) is 6.47. The number of sulfonamides is 1. The molecular weight excluding hydrogens is 533 g/mol. The molecule has 198 valence electrons. The van der Waals surface area contributed by atoms with Crippen LogP contribution in [0.25, 0.3) is 0 Å². The molecule has 0 aliphatic carbocycles. The van der Waals surface area contributed by atoms with E-state index in [0.29, 0.717) is 27.4 Å². The fourth-order valence-corrected chi connectivity index (χ4v) is 5.25. The van der Waals surface area contributed by atoms with Crippen LogP contribution >= 0.6 is 11.6 Å². The number of hydrogen-bond acceptors (Lipinski definition) is 5. The third-order valence-electron chi connectivity index (χ3n) is 5.44. The SMILES string of the molecule is COc1ccc(OC)c([C@@H](C)NC(=O)CN(c2ccc(Cl)c(C(F)(F)F)c2)S(=O)(=O)c2ccccc2)c1. The lowest BCUT2D eigenvalue weighted by atomic mass is 10.1. The van der Waals surface area contributed by atoms with E-state index in [1.807, 2.05) is 0 Å². The Balaban J connectivity index is 1.99. The van der Waals surface area contributed by atoms with Gasteiger partial charge in [-0.1, -0.05) is 29.8 Å². The summed E-state index contributed by atoms with van der Waals surface area (Å²) in [6, 6.07) is 14.0. The molecule has 0 aromatic heterocycles. The standard InChI is InChI=1S/C25H24ClF3N2O5S/c1-16(20-14-18(35-2)10-12-23(20)36-3)30-24(32)15-31(37(33,34)19-7-5-4-6-8-19)17-9-11-22(26)21(13-17)25(27,28)29/h4-14,16H,15H2,1-3H3,(H,30,32)/t16-/m1/s1. The second kappa shape index (κ2) is 11.3. The van der Waals surface area contributed by atoms with Crippen LogP contribution in [0.1, 0.15) is 24.1 Å². The molecule has 1 atom stereocenters. The van der Waals surface area contributed by atoms with E-state index in [0.717, 1.165) is 12.1 Å². The number of methoxy groups -OCH3 is 2. The highest BCUT2D eigenvalue weighted by Crippen LogP contribution is 2.38. The van der Waals surface area contributed by atoms with Crippen molar-refractivity contribution >= 4 is 33.2 Å². The van der Waals surface area contributed by atoms with Crippen molar-refractivity contribution in [2.75, 3.05) is 25.1 Å². The van der Waals surface area contributed by atoms with E-state index in [2.05, 4.69) is 5.32 Å². The molecule has 0 fully saturated rings. The van der Waals surface area contributed by atoms with Gasteiger partial charge in [0.2, 0.25) is 5.91 Å². The fourth-order valence-electron chi connectivity index (χ4n) is 3.59. The lowest BCUT2D eigenvalue weighted by molar-refractivity contribution is -0.137. The van der Waals surface area contributed by atoms with Gasteiger partial charge >= 0.3 is 6.18 Å². The number of nitrogens with one attached hydrogen (secondary N) is 1. The number of carbonyl (C=O) groups excluding carboxylic acids is 1. The molecule has 0 aliphatic rings. The van der Waals surface area contributed by atoms with E-state index < -0.39 is 45.3 Å². The fraction of sp³-hybridized carbons (Fsp3) is 0.240. The number of carbonyl (C=O) groups is 1. The van der Waals surface area contributed by atoms with Crippen LogP contribution in [0.4, 0.5) is 18.9 Å². The first-order valence-corrected chi connectivity index (χ1v) is 12.7. The second-order valence-corrected chi connectivity index (χ2v) is 10.2. The van der Waals surface area contributed by atoms with Gasteiger partial charge in [0.15, 0.2) is 0 Å². The molecule has 3 aromatic rings. The molecule has 0 bridgehead atoms. The zero-order valence-electron chi connectivity index (χ0n) is 20.0. The summed E-state index contributed by atoms with van der Waals surface area (Å²) in [5.74, 6) is 0.196. The first-order valence-electron chi connectivity index (χ1n) is 10.8. The predicted octanol–water partition coefficient (Wildman–Crippen LogP) is 5.45. The minimum absolute atomic E-state index is 0.200. The largest absolute Gasteiger partial charge is 0.497 e. The van der Waals surface area contributed by atoms with Gasteiger partial charge in [0.25, 0.3) is 10.0 Å². The average Bonchev–Trinajstić information content (AvgIpc) is 2.87. The molecule has 0 saturated heterocycles. The molecule has 0 spiro atoms. The molecular formula is C25H24ClF3N2O5S. The van der Waals surface area contributed by atoms with Gasteiger partial charge in [-0.25, -0.2) is 8.42 Å². The van der Waals surface area contributed by atoms with Crippen molar-refractivity contribution in [2.24, 2.45) is 0 Å². The Morgan fingerprint density at radius 1 is 1.03 bits per heavy atom. The molecule has 3 aromatic carbocycles. The topological polar surface area (TPSA) is 84.9 Å². The van der Waals surface area contributed by atoms with Crippen LogP contribution in [0, 0.1) is 0 Å².